The van der Waals surface area contributed by atoms with Crippen molar-refractivity contribution >= 4 is 23.3 Å². The molecule has 2 N–H and O–H groups in total. The number of allylic oxidation sites excluding steroid dienone is 1. The van der Waals surface area contributed by atoms with Crippen molar-refractivity contribution in [3.63, 3.8) is 0 Å². The van der Waals surface area contributed by atoms with E-state index < -0.39 is 23.9 Å². The Bertz CT molecular complexity index is 586. The first-order valence-corrected chi connectivity index (χ1v) is 6.16. The number of hydrogen-bond donors (Lipinski definition) is 2. The Labute approximate surface area is 115 Å². The van der Waals surface area contributed by atoms with E-state index >= 15 is 0 Å². The van der Waals surface area contributed by atoms with Crippen molar-refractivity contribution in [3.8, 4) is 0 Å². The average Bonchev–Trinajstić information content (AvgIpc) is 2.70. The van der Waals surface area contributed by atoms with Crippen LogP contribution >= 0.6 is 0 Å². The van der Waals surface area contributed by atoms with Crippen molar-refractivity contribution in [3.05, 3.63) is 36.2 Å². The fourth-order valence-corrected chi connectivity index (χ4v) is 2.19. The second kappa shape index (κ2) is 5.32. The van der Waals surface area contributed by atoms with Crippen molar-refractivity contribution in [1.29, 1.82) is 0 Å². The van der Waals surface area contributed by atoms with E-state index in [-0.39, 0.29) is 12.2 Å². The topological polar surface area (TPSA) is 69.6 Å². The number of anilines is 1. The Morgan fingerprint density at radius 2 is 2.25 bits per heavy atom. The zero-order chi connectivity index (χ0) is 14.9. The van der Waals surface area contributed by atoms with Gasteiger partial charge in [0.15, 0.2) is 0 Å². The molecule has 1 heterocycles. The first-order chi connectivity index (χ1) is 9.40. The highest BCUT2D eigenvalue weighted by molar-refractivity contribution is 6.00. The van der Waals surface area contributed by atoms with Gasteiger partial charge in [0.2, 0.25) is 5.91 Å². The molecule has 5 nitrogen and oxygen atoms in total. The third kappa shape index (κ3) is 2.64. The molecule has 2 amide bonds. The molecular formula is C14H15FN2O3. The summed E-state index contributed by atoms with van der Waals surface area (Å²) in [5, 5.41) is 10.8. The molecule has 1 fully saturated rings. The summed E-state index contributed by atoms with van der Waals surface area (Å²) < 4.78 is 14.1. The van der Waals surface area contributed by atoms with Crippen molar-refractivity contribution in [2.45, 2.75) is 19.4 Å². The third-order valence-electron chi connectivity index (χ3n) is 3.23. The van der Waals surface area contributed by atoms with Crippen LogP contribution in [0.5, 0.6) is 0 Å². The lowest BCUT2D eigenvalue weighted by Gasteiger charge is -2.18. The van der Waals surface area contributed by atoms with Crippen LogP contribution in [0.25, 0.3) is 5.57 Å². The summed E-state index contributed by atoms with van der Waals surface area (Å²) in [7, 11) is 0. The van der Waals surface area contributed by atoms with Crippen molar-refractivity contribution in [1.82, 2.24) is 5.32 Å². The van der Waals surface area contributed by atoms with Crippen LogP contribution in [0, 0.1) is 5.82 Å². The Balaban J connectivity index is 2.23. The molecule has 6 heteroatoms. The van der Waals surface area contributed by atoms with E-state index in [0.717, 1.165) is 5.57 Å². The summed E-state index contributed by atoms with van der Waals surface area (Å²) >= 11 is 0. The molecule has 1 saturated heterocycles. The van der Waals surface area contributed by atoms with Gasteiger partial charge in [0, 0.05) is 6.54 Å². The van der Waals surface area contributed by atoms with Gasteiger partial charge in [-0.15, -0.1) is 0 Å². The Kier molecular flexibility index (Phi) is 3.74. The highest BCUT2D eigenvalue weighted by Gasteiger charge is 2.34. The quantitative estimate of drug-likeness (QED) is 0.890. The number of carboxylic acid groups (broad SMARTS) is 1. The Morgan fingerprint density at radius 1 is 1.55 bits per heavy atom. The van der Waals surface area contributed by atoms with E-state index in [9.17, 15) is 14.0 Å². The van der Waals surface area contributed by atoms with Gasteiger partial charge in [0.05, 0.1) is 5.69 Å². The van der Waals surface area contributed by atoms with Crippen LogP contribution < -0.4 is 10.2 Å². The summed E-state index contributed by atoms with van der Waals surface area (Å²) in [6.45, 7) is 5.78. The molecule has 0 bridgehead atoms. The van der Waals surface area contributed by atoms with Gasteiger partial charge in [-0.1, -0.05) is 18.2 Å². The van der Waals surface area contributed by atoms with Crippen LogP contribution in [0.2, 0.25) is 0 Å². The van der Waals surface area contributed by atoms with Gasteiger partial charge in [-0.3, -0.25) is 4.79 Å². The van der Waals surface area contributed by atoms with Crippen molar-refractivity contribution in [2.75, 3.05) is 11.4 Å². The largest absolute Gasteiger partial charge is 0.465 e. The number of benzene rings is 1. The summed E-state index contributed by atoms with van der Waals surface area (Å²) in [6, 6.07) is 3.71. The number of carbonyl (C=O) groups is 2. The normalized spacial score (nSPS) is 18.2. The zero-order valence-electron chi connectivity index (χ0n) is 11.0. The number of nitrogens with zero attached hydrogens (tertiary/aromatic N) is 1. The van der Waals surface area contributed by atoms with Gasteiger partial charge >= 0.3 is 6.09 Å². The third-order valence-corrected chi connectivity index (χ3v) is 3.23. The molecule has 1 aliphatic heterocycles. The minimum absolute atomic E-state index is 0.162. The monoisotopic (exact) mass is 278 g/mol. The minimum Gasteiger partial charge on any atom is -0.465 e. The van der Waals surface area contributed by atoms with E-state index in [2.05, 4.69) is 11.9 Å². The number of hydrogen-bond acceptors (Lipinski definition) is 2. The highest BCUT2D eigenvalue weighted by atomic mass is 19.1. The summed E-state index contributed by atoms with van der Waals surface area (Å²) in [4.78, 5) is 23.9. The zero-order valence-corrected chi connectivity index (χ0v) is 11.0. The molecular weight excluding hydrogens is 263 g/mol. The Hall–Kier alpha value is -2.37. The molecule has 1 aromatic carbocycles. The number of carbonyl (C=O) groups excluding carboxylic acids is 1. The van der Waals surface area contributed by atoms with Gasteiger partial charge in [0.1, 0.15) is 11.9 Å². The predicted molar refractivity (Wildman–Crippen MR) is 73.0 cm³/mol. The summed E-state index contributed by atoms with van der Waals surface area (Å²) in [6.07, 6.45) is -0.935. The van der Waals surface area contributed by atoms with Gasteiger partial charge in [-0.25, -0.2) is 9.18 Å². The number of halogens is 1. The molecule has 0 saturated carbocycles. The van der Waals surface area contributed by atoms with E-state index in [1.807, 2.05) is 0 Å². The molecule has 0 aromatic heterocycles. The fourth-order valence-electron chi connectivity index (χ4n) is 2.19. The molecule has 0 aliphatic carbocycles. The summed E-state index contributed by atoms with van der Waals surface area (Å²) in [5.41, 5.74) is 1.56. The maximum atomic E-state index is 14.1. The highest BCUT2D eigenvalue weighted by Crippen LogP contribution is 2.27. The van der Waals surface area contributed by atoms with Gasteiger partial charge < -0.3 is 15.3 Å². The lowest BCUT2D eigenvalue weighted by Crippen LogP contribution is -2.41. The van der Waals surface area contributed by atoms with Crippen LogP contribution in [0.15, 0.2) is 24.8 Å². The molecule has 1 aromatic rings. The van der Waals surface area contributed by atoms with E-state index in [4.69, 9.17) is 5.11 Å². The lowest BCUT2D eigenvalue weighted by atomic mass is 10.1. The van der Waals surface area contributed by atoms with E-state index in [0.29, 0.717) is 12.0 Å². The molecule has 1 aliphatic rings. The lowest BCUT2D eigenvalue weighted by molar-refractivity contribution is -0.118. The number of amides is 2. The SMILES string of the molecule is C=C(C)c1ccc(N2CC[C@H](NC(=O)O)C2=O)c(F)c1. The second-order valence-corrected chi connectivity index (χ2v) is 4.73. The first-order valence-electron chi connectivity index (χ1n) is 6.16. The minimum atomic E-state index is -1.26. The van der Waals surface area contributed by atoms with E-state index in [1.165, 1.54) is 17.0 Å². The van der Waals surface area contributed by atoms with Gasteiger partial charge in [0.25, 0.3) is 0 Å². The molecule has 1 atom stereocenters. The van der Waals surface area contributed by atoms with Gasteiger partial charge in [-0.2, -0.15) is 0 Å². The standard InChI is InChI=1S/C14H15FN2O3/c1-8(2)9-3-4-12(10(15)7-9)17-6-5-11(13(17)18)16-14(19)20/h3-4,7,11,16H,1,5-6H2,2H3,(H,19,20)/t11-/m0/s1. The van der Waals surface area contributed by atoms with Crippen molar-refractivity contribution < 1.29 is 19.1 Å². The molecule has 106 valence electrons. The smallest absolute Gasteiger partial charge is 0.405 e. The van der Waals surface area contributed by atoms with E-state index in [1.54, 1.807) is 13.0 Å². The van der Waals surface area contributed by atoms with Crippen LogP contribution in [-0.2, 0) is 4.79 Å². The molecule has 2 rings (SSSR count). The molecule has 0 unspecified atom stereocenters. The van der Waals surface area contributed by atoms with Crippen LogP contribution in [-0.4, -0.2) is 29.7 Å². The van der Waals surface area contributed by atoms with Gasteiger partial charge in [-0.05, 0) is 31.0 Å². The fraction of sp³-hybridized carbons (Fsp3) is 0.286. The maximum Gasteiger partial charge on any atom is 0.405 e. The van der Waals surface area contributed by atoms with Crippen molar-refractivity contribution in [2.24, 2.45) is 0 Å². The number of rotatable bonds is 3. The number of nitrogens with one attached hydrogen (secondary N) is 1. The van der Waals surface area contributed by atoms with Crippen LogP contribution in [0.1, 0.15) is 18.9 Å². The second-order valence-electron chi connectivity index (χ2n) is 4.73. The Morgan fingerprint density at radius 3 is 2.80 bits per heavy atom. The predicted octanol–water partition coefficient (Wildman–Crippen LogP) is 2.23. The average molecular weight is 278 g/mol. The summed E-state index contributed by atoms with van der Waals surface area (Å²) in [5.74, 6) is -0.954. The molecule has 20 heavy (non-hydrogen) atoms. The van der Waals surface area contributed by atoms with Crippen LogP contribution in [0.3, 0.4) is 0 Å². The molecule has 0 radical (unpaired) electrons. The first kappa shape index (κ1) is 14.0. The van der Waals surface area contributed by atoms with Crippen LogP contribution in [0.4, 0.5) is 14.9 Å². The molecule has 0 spiro atoms. The maximum absolute atomic E-state index is 14.1.